The van der Waals surface area contributed by atoms with Crippen molar-refractivity contribution in [2.75, 3.05) is 6.61 Å². The first-order chi connectivity index (χ1) is 11.4. The van der Waals surface area contributed by atoms with Gasteiger partial charge in [-0.1, -0.05) is 51.7 Å². The highest BCUT2D eigenvalue weighted by molar-refractivity contribution is 6.07. The molecule has 1 aromatic carbocycles. The average molecular weight is 332 g/mol. The summed E-state index contributed by atoms with van der Waals surface area (Å²) in [6, 6.07) is 6.88. The van der Waals surface area contributed by atoms with E-state index in [-0.39, 0.29) is 5.91 Å². The maximum absolute atomic E-state index is 11.9. The lowest BCUT2D eigenvalue weighted by molar-refractivity contribution is -0.123. The minimum atomic E-state index is -1.01. The van der Waals surface area contributed by atoms with Crippen LogP contribution in [0.15, 0.2) is 24.3 Å². The van der Waals surface area contributed by atoms with Gasteiger partial charge in [-0.3, -0.25) is 10.1 Å². The fourth-order valence-electron chi connectivity index (χ4n) is 2.83. The lowest BCUT2D eigenvalue weighted by atomic mass is 9.92. The molecule has 24 heavy (non-hydrogen) atoms. The van der Waals surface area contributed by atoms with Crippen LogP contribution < -0.4 is 15.4 Å². The summed E-state index contributed by atoms with van der Waals surface area (Å²) in [5.74, 6) is 1.24. The molecule has 1 aliphatic heterocycles. The fraction of sp³-hybridized carbons (Fsp3) is 0.579. The second kappa shape index (κ2) is 8.18. The van der Waals surface area contributed by atoms with Gasteiger partial charge in [0, 0.05) is 0 Å². The number of carbonyl (C=O) groups excluding carboxylic acids is 2. The molecule has 1 aromatic rings. The molecule has 2 rings (SSSR count). The van der Waals surface area contributed by atoms with Crippen molar-refractivity contribution in [3.63, 3.8) is 0 Å². The van der Waals surface area contributed by atoms with Gasteiger partial charge in [-0.2, -0.15) is 0 Å². The molecule has 5 heteroatoms. The SMILES string of the molecule is CC(C)CCCCCCOc1ccc(C2(C)NC(=O)NC2=O)cc1. The molecule has 0 aliphatic carbocycles. The molecule has 3 amide bonds. The van der Waals surface area contributed by atoms with E-state index >= 15 is 0 Å². The molecule has 0 saturated carbocycles. The Kier molecular flexibility index (Phi) is 6.23. The molecular weight excluding hydrogens is 304 g/mol. The summed E-state index contributed by atoms with van der Waals surface area (Å²) in [7, 11) is 0. The summed E-state index contributed by atoms with van der Waals surface area (Å²) in [5.41, 5.74) is -0.265. The normalized spacial score (nSPS) is 20.2. The third-order valence-corrected chi connectivity index (χ3v) is 4.42. The molecule has 1 atom stereocenters. The predicted octanol–water partition coefficient (Wildman–Crippen LogP) is 3.73. The number of hydrogen-bond donors (Lipinski definition) is 2. The van der Waals surface area contributed by atoms with Gasteiger partial charge < -0.3 is 10.1 Å². The van der Waals surface area contributed by atoms with Crippen LogP contribution in [0.1, 0.15) is 58.4 Å². The standard InChI is InChI=1S/C19H28N2O3/c1-14(2)8-6-4-5-7-13-24-16-11-9-15(10-12-16)19(3)17(22)20-18(23)21-19/h9-12,14H,4-8,13H2,1-3H3,(H2,20,21,22,23). The second-order valence-corrected chi connectivity index (χ2v) is 7.00. The van der Waals surface area contributed by atoms with E-state index in [9.17, 15) is 9.59 Å². The van der Waals surface area contributed by atoms with Gasteiger partial charge >= 0.3 is 6.03 Å². The van der Waals surface area contributed by atoms with Crippen LogP contribution in [-0.4, -0.2) is 18.5 Å². The Hall–Kier alpha value is -2.04. The van der Waals surface area contributed by atoms with Crippen LogP contribution in [-0.2, 0) is 10.3 Å². The summed E-state index contributed by atoms with van der Waals surface area (Å²) in [6.07, 6.45) is 6.09. The van der Waals surface area contributed by atoms with E-state index in [1.165, 1.54) is 25.7 Å². The number of ether oxygens (including phenoxy) is 1. The predicted molar refractivity (Wildman–Crippen MR) is 93.9 cm³/mol. The Balaban J connectivity index is 1.75. The molecule has 1 heterocycles. The molecule has 0 spiro atoms. The van der Waals surface area contributed by atoms with E-state index in [0.717, 1.165) is 23.7 Å². The number of hydrogen-bond acceptors (Lipinski definition) is 3. The zero-order valence-electron chi connectivity index (χ0n) is 14.9. The molecular formula is C19H28N2O3. The van der Waals surface area contributed by atoms with Crippen molar-refractivity contribution in [1.29, 1.82) is 0 Å². The molecule has 1 unspecified atom stereocenters. The van der Waals surface area contributed by atoms with Crippen molar-refractivity contribution in [2.24, 2.45) is 5.92 Å². The van der Waals surface area contributed by atoms with Crippen molar-refractivity contribution in [2.45, 2.75) is 58.4 Å². The lowest BCUT2D eigenvalue weighted by Crippen LogP contribution is -2.40. The van der Waals surface area contributed by atoms with Gasteiger partial charge in [0.25, 0.3) is 5.91 Å². The Morgan fingerprint density at radius 2 is 1.71 bits per heavy atom. The van der Waals surface area contributed by atoms with Crippen LogP contribution in [0.25, 0.3) is 0 Å². The van der Waals surface area contributed by atoms with E-state index in [2.05, 4.69) is 24.5 Å². The van der Waals surface area contributed by atoms with Gasteiger partial charge in [-0.25, -0.2) is 4.79 Å². The summed E-state index contributed by atoms with van der Waals surface area (Å²) in [6.45, 7) is 6.91. The van der Waals surface area contributed by atoms with Crippen molar-refractivity contribution in [3.8, 4) is 5.75 Å². The van der Waals surface area contributed by atoms with Crippen molar-refractivity contribution in [3.05, 3.63) is 29.8 Å². The second-order valence-electron chi connectivity index (χ2n) is 7.00. The molecule has 1 fully saturated rings. The number of benzene rings is 1. The minimum Gasteiger partial charge on any atom is -0.494 e. The summed E-state index contributed by atoms with van der Waals surface area (Å²) >= 11 is 0. The number of rotatable bonds is 9. The number of unbranched alkanes of at least 4 members (excludes halogenated alkanes) is 3. The molecule has 2 N–H and O–H groups in total. The molecule has 1 saturated heterocycles. The molecule has 5 nitrogen and oxygen atoms in total. The van der Waals surface area contributed by atoms with Crippen molar-refractivity contribution < 1.29 is 14.3 Å². The Bertz CT molecular complexity index is 568. The fourth-order valence-corrected chi connectivity index (χ4v) is 2.83. The van der Waals surface area contributed by atoms with E-state index in [1.54, 1.807) is 6.92 Å². The third-order valence-electron chi connectivity index (χ3n) is 4.42. The smallest absolute Gasteiger partial charge is 0.322 e. The van der Waals surface area contributed by atoms with Crippen LogP contribution >= 0.6 is 0 Å². The molecule has 0 radical (unpaired) electrons. The first-order valence-electron chi connectivity index (χ1n) is 8.79. The Labute approximate surface area is 144 Å². The van der Waals surface area contributed by atoms with Crippen LogP contribution in [0.2, 0.25) is 0 Å². The van der Waals surface area contributed by atoms with Crippen molar-refractivity contribution in [1.82, 2.24) is 10.6 Å². The zero-order chi connectivity index (χ0) is 17.6. The topological polar surface area (TPSA) is 67.4 Å². The average Bonchev–Trinajstić information content (AvgIpc) is 2.80. The molecule has 132 valence electrons. The van der Waals surface area contributed by atoms with Gasteiger partial charge in [0.1, 0.15) is 11.3 Å². The van der Waals surface area contributed by atoms with Crippen LogP contribution in [0.3, 0.4) is 0 Å². The van der Waals surface area contributed by atoms with Crippen molar-refractivity contribution >= 4 is 11.9 Å². The van der Waals surface area contributed by atoms with Crippen LogP contribution in [0.5, 0.6) is 5.75 Å². The highest BCUT2D eigenvalue weighted by atomic mass is 16.5. The Morgan fingerprint density at radius 3 is 2.29 bits per heavy atom. The maximum Gasteiger partial charge on any atom is 0.322 e. The van der Waals surface area contributed by atoms with E-state index in [0.29, 0.717) is 6.61 Å². The van der Waals surface area contributed by atoms with Gasteiger partial charge in [0.2, 0.25) is 0 Å². The number of amides is 3. The van der Waals surface area contributed by atoms with Gasteiger partial charge in [-0.15, -0.1) is 0 Å². The number of imide groups is 1. The zero-order valence-corrected chi connectivity index (χ0v) is 14.9. The largest absolute Gasteiger partial charge is 0.494 e. The van der Waals surface area contributed by atoms with Crippen LogP contribution in [0.4, 0.5) is 4.79 Å². The summed E-state index contributed by atoms with van der Waals surface area (Å²) in [5, 5.41) is 4.92. The highest BCUT2D eigenvalue weighted by Crippen LogP contribution is 2.26. The maximum atomic E-state index is 11.9. The van der Waals surface area contributed by atoms with E-state index in [4.69, 9.17) is 4.74 Å². The van der Waals surface area contributed by atoms with Gasteiger partial charge in [-0.05, 0) is 37.0 Å². The number of carbonyl (C=O) groups is 2. The summed E-state index contributed by atoms with van der Waals surface area (Å²) < 4.78 is 5.74. The lowest BCUT2D eigenvalue weighted by Gasteiger charge is -2.21. The van der Waals surface area contributed by atoms with Crippen LogP contribution in [0, 0.1) is 5.92 Å². The first-order valence-corrected chi connectivity index (χ1v) is 8.79. The first kappa shape index (κ1) is 18.3. The molecule has 0 aromatic heterocycles. The molecule has 1 aliphatic rings. The summed E-state index contributed by atoms with van der Waals surface area (Å²) in [4.78, 5) is 23.2. The van der Waals surface area contributed by atoms with E-state index in [1.807, 2.05) is 24.3 Å². The van der Waals surface area contributed by atoms with Gasteiger partial charge in [0.05, 0.1) is 6.61 Å². The number of nitrogens with one attached hydrogen (secondary N) is 2. The third kappa shape index (κ3) is 4.73. The monoisotopic (exact) mass is 332 g/mol. The van der Waals surface area contributed by atoms with E-state index < -0.39 is 11.6 Å². The highest BCUT2D eigenvalue weighted by Gasteiger charge is 2.43. The van der Waals surface area contributed by atoms with Gasteiger partial charge in [0.15, 0.2) is 0 Å². The quantitative estimate of drug-likeness (QED) is 0.535. The number of urea groups is 1. The Morgan fingerprint density at radius 1 is 1.04 bits per heavy atom. The minimum absolute atomic E-state index is 0.331. The molecule has 0 bridgehead atoms.